The van der Waals surface area contributed by atoms with Crippen molar-refractivity contribution in [2.24, 2.45) is 0 Å². The quantitative estimate of drug-likeness (QED) is 0.748. The Balaban J connectivity index is 2.63. The van der Waals surface area contributed by atoms with Crippen LogP contribution in [0.2, 0.25) is 0 Å². The van der Waals surface area contributed by atoms with Crippen LogP contribution in [-0.4, -0.2) is 22.7 Å². The van der Waals surface area contributed by atoms with E-state index in [1.807, 2.05) is 13.0 Å². The molecular weight excluding hydrogens is 178 g/mol. The number of nitrogens with zero attached hydrogens (tertiary/aromatic N) is 2. The van der Waals surface area contributed by atoms with Crippen LogP contribution in [0.15, 0.2) is 18.3 Å². The van der Waals surface area contributed by atoms with Gasteiger partial charge < -0.3 is 10.4 Å². The Hall–Kier alpha value is -1.60. The number of aliphatic hydroxyl groups is 1. The highest BCUT2D eigenvalue weighted by Gasteiger charge is 2.01. The van der Waals surface area contributed by atoms with Gasteiger partial charge in [0, 0.05) is 24.5 Å². The predicted octanol–water partition coefficient (Wildman–Crippen LogP) is 1.14. The summed E-state index contributed by atoms with van der Waals surface area (Å²) in [7, 11) is 0. The largest absolute Gasteiger partial charge is 0.396 e. The van der Waals surface area contributed by atoms with Crippen LogP contribution in [0.3, 0.4) is 0 Å². The molecule has 0 spiro atoms. The van der Waals surface area contributed by atoms with Gasteiger partial charge in [-0.3, -0.25) is 0 Å². The van der Waals surface area contributed by atoms with Crippen LogP contribution in [0, 0.1) is 11.3 Å². The maximum Gasteiger partial charge on any atom is 0.142 e. The monoisotopic (exact) mass is 191 g/mol. The first-order valence-electron chi connectivity index (χ1n) is 4.50. The second kappa shape index (κ2) is 5.20. The molecule has 0 aliphatic rings. The first-order valence-corrected chi connectivity index (χ1v) is 4.50. The molecule has 0 aliphatic heterocycles. The normalized spacial score (nSPS) is 11.8. The van der Waals surface area contributed by atoms with Gasteiger partial charge in [-0.15, -0.1) is 0 Å². The van der Waals surface area contributed by atoms with E-state index in [0.717, 1.165) is 5.69 Å². The fourth-order valence-electron chi connectivity index (χ4n) is 1.13. The highest BCUT2D eigenvalue weighted by Crippen LogP contribution is 2.09. The Kier molecular flexibility index (Phi) is 3.89. The van der Waals surface area contributed by atoms with E-state index in [2.05, 4.69) is 10.3 Å². The lowest BCUT2D eigenvalue weighted by atomic mass is 10.2. The molecule has 0 amide bonds. The van der Waals surface area contributed by atoms with Crippen molar-refractivity contribution < 1.29 is 5.11 Å². The molecule has 1 unspecified atom stereocenters. The molecule has 0 aliphatic carbocycles. The van der Waals surface area contributed by atoms with E-state index in [0.29, 0.717) is 12.1 Å². The standard InChI is InChI=1S/C10H13N3O/c1-8(3-5-14)13-9-2-4-12-10(6-9)7-11/h2,4,6,8,14H,3,5H2,1H3,(H,12,13). The number of hydrogen-bond acceptors (Lipinski definition) is 4. The van der Waals surface area contributed by atoms with Crippen LogP contribution in [0.25, 0.3) is 0 Å². The van der Waals surface area contributed by atoms with Crippen molar-refractivity contribution in [2.75, 3.05) is 11.9 Å². The van der Waals surface area contributed by atoms with Crippen molar-refractivity contribution in [3.05, 3.63) is 24.0 Å². The first-order chi connectivity index (χ1) is 6.76. The van der Waals surface area contributed by atoms with Crippen molar-refractivity contribution in [3.63, 3.8) is 0 Å². The molecule has 1 aromatic rings. The molecule has 14 heavy (non-hydrogen) atoms. The SMILES string of the molecule is CC(CCO)Nc1ccnc(C#N)c1. The first kappa shape index (κ1) is 10.5. The average molecular weight is 191 g/mol. The second-order valence-corrected chi connectivity index (χ2v) is 3.10. The zero-order chi connectivity index (χ0) is 10.4. The molecule has 74 valence electrons. The maximum atomic E-state index is 8.71. The van der Waals surface area contributed by atoms with Gasteiger partial charge in [0.25, 0.3) is 0 Å². The highest BCUT2D eigenvalue weighted by atomic mass is 16.3. The summed E-state index contributed by atoms with van der Waals surface area (Å²) in [5, 5.41) is 20.5. The number of anilines is 1. The zero-order valence-corrected chi connectivity index (χ0v) is 8.07. The van der Waals surface area contributed by atoms with Gasteiger partial charge >= 0.3 is 0 Å². The smallest absolute Gasteiger partial charge is 0.142 e. The Morgan fingerprint density at radius 1 is 1.71 bits per heavy atom. The van der Waals surface area contributed by atoms with Gasteiger partial charge in [0.1, 0.15) is 11.8 Å². The lowest BCUT2D eigenvalue weighted by Gasteiger charge is -2.13. The van der Waals surface area contributed by atoms with Gasteiger partial charge in [0.2, 0.25) is 0 Å². The molecule has 1 aromatic heterocycles. The van der Waals surface area contributed by atoms with Crippen LogP contribution < -0.4 is 5.32 Å². The van der Waals surface area contributed by atoms with Crippen molar-refractivity contribution >= 4 is 5.69 Å². The average Bonchev–Trinajstić information content (AvgIpc) is 2.18. The summed E-state index contributed by atoms with van der Waals surface area (Å²) in [5.41, 5.74) is 1.25. The lowest BCUT2D eigenvalue weighted by Crippen LogP contribution is -2.16. The van der Waals surface area contributed by atoms with E-state index < -0.39 is 0 Å². The van der Waals surface area contributed by atoms with Crippen molar-refractivity contribution in [3.8, 4) is 6.07 Å². The molecule has 0 aromatic carbocycles. The number of aromatic nitrogens is 1. The molecule has 2 N–H and O–H groups in total. The van der Waals surface area contributed by atoms with E-state index in [1.165, 1.54) is 0 Å². The van der Waals surface area contributed by atoms with Gasteiger partial charge in [-0.2, -0.15) is 5.26 Å². The number of nitrogens with one attached hydrogen (secondary N) is 1. The molecule has 1 heterocycles. The van der Waals surface area contributed by atoms with E-state index >= 15 is 0 Å². The summed E-state index contributed by atoms with van der Waals surface area (Å²) in [6.07, 6.45) is 2.27. The van der Waals surface area contributed by atoms with E-state index in [1.54, 1.807) is 18.3 Å². The number of aliphatic hydroxyl groups excluding tert-OH is 1. The third-order valence-electron chi connectivity index (χ3n) is 1.85. The van der Waals surface area contributed by atoms with Crippen molar-refractivity contribution in [1.29, 1.82) is 5.26 Å². The van der Waals surface area contributed by atoms with Crippen LogP contribution in [0.5, 0.6) is 0 Å². The predicted molar refractivity (Wildman–Crippen MR) is 53.7 cm³/mol. The van der Waals surface area contributed by atoms with Crippen LogP contribution in [0.4, 0.5) is 5.69 Å². The fourth-order valence-corrected chi connectivity index (χ4v) is 1.13. The third-order valence-corrected chi connectivity index (χ3v) is 1.85. The summed E-state index contributed by atoms with van der Waals surface area (Å²) < 4.78 is 0. The molecule has 0 fully saturated rings. The maximum absolute atomic E-state index is 8.71. The molecule has 0 radical (unpaired) electrons. The van der Waals surface area contributed by atoms with Crippen LogP contribution in [-0.2, 0) is 0 Å². The molecule has 1 atom stereocenters. The fraction of sp³-hybridized carbons (Fsp3) is 0.400. The molecule has 0 saturated heterocycles. The van der Waals surface area contributed by atoms with Gasteiger partial charge in [0.05, 0.1) is 0 Å². The number of pyridine rings is 1. The Labute approximate surface area is 83.2 Å². The molecular formula is C10H13N3O. The van der Waals surface area contributed by atoms with Gasteiger partial charge in [0.15, 0.2) is 0 Å². The molecule has 4 heteroatoms. The number of nitriles is 1. The summed E-state index contributed by atoms with van der Waals surface area (Å²) >= 11 is 0. The number of hydrogen-bond donors (Lipinski definition) is 2. The minimum Gasteiger partial charge on any atom is -0.396 e. The molecule has 0 bridgehead atoms. The lowest BCUT2D eigenvalue weighted by molar-refractivity contribution is 0.282. The summed E-state index contributed by atoms with van der Waals surface area (Å²) in [6.45, 7) is 2.13. The minimum absolute atomic E-state index is 0.157. The number of rotatable bonds is 4. The minimum atomic E-state index is 0.157. The van der Waals surface area contributed by atoms with E-state index in [4.69, 9.17) is 10.4 Å². The van der Waals surface area contributed by atoms with Gasteiger partial charge in [-0.05, 0) is 25.5 Å². The molecule has 0 saturated carbocycles. The van der Waals surface area contributed by atoms with E-state index in [9.17, 15) is 0 Å². The van der Waals surface area contributed by atoms with Gasteiger partial charge in [-0.25, -0.2) is 4.98 Å². The zero-order valence-electron chi connectivity index (χ0n) is 8.07. The second-order valence-electron chi connectivity index (χ2n) is 3.10. The third kappa shape index (κ3) is 3.04. The van der Waals surface area contributed by atoms with Crippen molar-refractivity contribution in [2.45, 2.75) is 19.4 Å². The van der Waals surface area contributed by atoms with E-state index in [-0.39, 0.29) is 12.6 Å². The summed E-state index contributed by atoms with van der Waals surface area (Å²) in [6, 6.07) is 5.65. The molecule has 1 rings (SSSR count). The van der Waals surface area contributed by atoms with Crippen molar-refractivity contribution in [1.82, 2.24) is 4.98 Å². The summed E-state index contributed by atoms with van der Waals surface area (Å²) in [4.78, 5) is 3.86. The Bertz CT molecular complexity index is 332. The Morgan fingerprint density at radius 2 is 2.50 bits per heavy atom. The summed E-state index contributed by atoms with van der Waals surface area (Å²) in [5.74, 6) is 0. The van der Waals surface area contributed by atoms with Crippen LogP contribution >= 0.6 is 0 Å². The molecule has 4 nitrogen and oxygen atoms in total. The van der Waals surface area contributed by atoms with Gasteiger partial charge in [-0.1, -0.05) is 0 Å². The van der Waals surface area contributed by atoms with Crippen LogP contribution in [0.1, 0.15) is 19.0 Å². The topological polar surface area (TPSA) is 68.9 Å². The Morgan fingerprint density at radius 3 is 3.14 bits per heavy atom. The highest BCUT2D eigenvalue weighted by molar-refractivity contribution is 5.46.